The molecule has 0 aromatic carbocycles. The van der Waals surface area contributed by atoms with E-state index in [1.165, 1.54) is 0 Å². The van der Waals surface area contributed by atoms with Crippen LogP contribution in [0.4, 0.5) is 0 Å². The molecule has 4 amide bonds. The molecule has 1 fully saturated rings. The summed E-state index contributed by atoms with van der Waals surface area (Å²) in [5.41, 5.74) is 15.8. The average Bonchev–Trinajstić information content (AvgIpc) is 3.27. The number of carbonyl (C=O) groups is 5. The van der Waals surface area contributed by atoms with Crippen molar-refractivity contribution in [3.8, 4) is 0 Å². The van der Waals surface area contributed by atoms with Crippen molar-refractivity contribution < 1.29 is 29.1 Å². The zero-order chi connectivity index (χ0) is 25.0. The molecule has 15 heteroatoms. The first-order valence-corrected chi connectivity index (χ1v) is 11.0. The van der Waals surface area contributed by atoms with Gasteiger partial charge in [-0.1, -0.05) is 0 Å². The monoisotopic (exact) mass is 488 g/mol. The van der Waals surface area contributed by atoms with Crippen LogP contribution in [0.5, 0.6) is 0 Å². The Hall–Kier alpha value is -3.07. The van der Waals surface area contributed by atoms with E-state index in [4.69, 9.17) is 22.3 Å². The number of carboxylic acids is 1. The third-order valence-electron chi connectivity index (χ3n) is 4.79. The summed E-state index contributed by atoms with van der Waals surface area (Å²) in [7, 11) is 0. The molecule has 1 saturated heterocycles. The highest BCUT2D eigenvalue weighted by Gasteiger charge is 2.31. The van der Waals surface area contributed by atoms with Gasteiger partial charge in [0, 0.05) is 12.3 Å². The van der Waals surface area contributed by atoms with Crippen LogP contribution < -0.4 is 38.5 Å². The largest absolute Gasteiger partial charge is 0.480 e. The predicted octanol–water partition coefficient (Wildman–Crippen LogP) is -3.86. The van der Waals surface area contributed by atoms with Crippen LogP contribution in [0.2, 0.25) is 0 Å². The fraction of sp³-hybridized carbons (Fsp3) is 0.667. The third-order valence-corrected chi connectivity index (χ3v) is 5.16. The van der Waals surface area contributed by atoms with E-state index < -0.39 is 60.2 Å². The standard InChI is InChI=1S/C18H32N8O6S/c19-13(27)7-11(25-14(28)9-3-1-5-22-9)16(30)24-10(4-2-6-23-18(20)21)15(29)26-12(8-33)17(31)32/h9-12,22,33H,1-8H2,(H2,19,27)(H,24,30)(H,25,28)(H,26,29)(H,31,32)(H4,20,21,23). The van der Waals surface area contributed by atoms with Gasteiger partial charge in [-0.2, -0.15) is 12.6 Å². The fourth-order valence-corrected chi connectivity index (χ4v) is 3.34. The topological polar surface area (TPSA) is 244 Å². The molecule has 1 aliphatic heterocycles. The number of nitrogens with two attached hydrogens (primary N) is 3. The molecular formula is C18H32N8O6S. The summed E-state index contributed by atoms with van der Waals surface area (Å²) in [6.07, 6.45) is 1.20. The number of aliphatic carboxylic acids is 1. The van der Waals surface area contributed by atoms with E-state index in [1.807, 2.05) is 0 Å². The molecule has 4 unspecified atom stereocenters. The smallest absolute Gasteiger partial charge is 0.327 e. The van der Waals surface area contributed by atoms with Gasteiger partial charge < -0.3 is 43.6 Å². The molecule has 0 aromatic rings. The summed E-state index contributed by atoms with van der Waals surface area (Å²) in [6.45, 7) is 0.810. The minimum atomic E-state index is -1.31. The van der Waals surface area contributed by atoms with Crippen LogP contribution in [-0.4, -0.2) is 83.7 Å². The Labute approximate surface area is 196 Å². The normalized spacial score (nSPS) is 17.8. The van der Waals surface area contributed by atoms with Crippen LogP contribution in [0.3, 0.4) is 0 Å². The summed E-state index contributed by atoms with van der Waals surface area (Å²) in [5, 5.41) is 19.3. The van der Waals surface area contributed by atoms with Gasteiger partial charge in [-0.25, -0.2) is 4.79 Å². The molecule has 4 atom stereocenters. The Morgan fingerprint density at radius 3 is 2.18 bits per heavy atom. The number of amides is 4. The van der Waals surface area contributed by atoms with Crippen LogP contribution in [0.15, 0.2) is 4.99 Å². The van der Waals surface area contributed by atoms with E-state index in [1.54, 1.807) is 0 Å². The second-order valence-corrected chi connectivity index (χ2v) is 7.84. The lowest BCUT2D eigenvalue weighted by Gasteiger charge is -2.24. The van der Waals surface area contributed by atoms with E-state index in [0.29, 0.717) is 13.0 Å². The third kappa shape index (κ3) is 10.4. The maximum absolute atomic E-state index is 12.8. The molecule has 0 aromatic heterocycles. The molecule has 11 N–H and O–H groups in total. The maximum atomic E-state index is 12.8. The first-order valence-electron chi connectivity index (χ1n) is 10.4. The number of hydrogen-bond acceptors (Lipinski definition) is 8. The molecule has 14 nitrogen and oxygen atoms in total. The van der Waals surface area contributed by atoms with Crippen molar-refractivity contribution in [2.75, 3.05) is 18.8 Å². The Bertz CT molecular complexity index is 754. The molecule has 0 radical (unpaired) electrons. The van der Waals surface area contributed by atoms with Gasteiger partial charge in [-0.3, -0.25) is 24.2 Å². The predicted molar refractivity (Wildman–Crippen MR) is 122 cm³/mol. The van der Waals surface area contributed by atoms with Gasteiger partial charge in [0.1, 0.15) is 18.1 Å². The summed E-state index contributed by atoms with van der Waals surface area (Å²) >= 11 is 3.89. The number of guanidine groups is 1. The van der Waals surface area contributed by atoms with Gasteiger partial charge in [0.05, 0.1) is 12.5 Å². The van der Waals surface area contributed by atoms with Gasteiger partial charge in [0.2, 0.25) is 23.6 Å². The second-order valence-electron chi connectivity index (χ2n) is 7.47. The molecule has 0 saturated carbocycles. The molecule has 1 rings (SSSR count). The Morgan fingerprint density at radius 2 is 1.67 bits per heavy atom. The van der Waals surface area contributed by atoms with Gasteiger partial charge in [0.25, 0.3) is 0 Å². The quantitative estimate of drug-likeness (QED) is 0.0502. The number of rotatable bonds is 14. The van der Waals surface area contributed by atoms with Crippen LogP contribution in [0.1, 0.15) is 32.1 Å². The maximum Gasteiger partial charge on any atom is 0.327 e. The Kier molecular flexibility index (Phi) is 12.0. The number of carboxylic acid groups (broad SMARTS) is 1. The van der Waals surface area contributed by atoms with Crippen molar-refractivity contribution in [1.29, 1.82) is 0 Å². The van der Waals surface area contributed by atoms with Gasteiger partial charge >= 0.3 is 5.97 Å². The average molecular weight is 489 g/mol. The molecule has 0 aliphatic carbocycles. The lowest BCUT2D eigenvalue weighted by atomic mass is 10.1. The molecule has 0 bridgehead atoms. The van der Waals surface area contributed by atoms with Gasteiger partial charge in [0.15, 0.2) is 5.96 Å². The molecular weight excluding hydrogens is 456 g/mol. The zero-order valence-electron chi connectivity index (χ0n) is 18.1. The summed E-state index contributed by atoms with van der Waals surface area (Å²) < 4.78 is 0. The number of carbonyl (C=O) groups excluding carboxylic acids is 4. The summed E-state index contributed by atoms with van der Waals surface area (Å²) in [6, 6.07) is -4.29. The van der Waals surface area contributed by atoms with Crippen LogP contribution in [0, 0.1) is 0 Å². The zero-order valence-corrected chi connectivity index (χ0v) is 19.0. The lowest BCUT2D eigenvalue weighted by Crippen LogP contribution is -2.57. The minimum absolute atomic E-state index is 0.0503. The summed E-state index contributed by atoms with van der Waals surface area (Å²) in [4.78, 5) is 64.4. The minimum Gasteiger partial charge on any atom is -0.480 e. The summed E-state index contributed by atoms with van der Waals surface area (Å²) in [5.74, 6) is -4.52. The van der Waals surface area contributed by atoms with E-state index in [9.17, 15) is 24.0 Å². The fourth-order valence-electron chi connectivity index (χ4n) is 3.09. The van der Waals surface area contributed by atoms with Crippen molar-refractivity contribution in [3.63, 3.8) is 0 Å². The van der Waals surface area contributed by atoms with E-state index in [-0.39, 0.29) is 31.1 Å². The highest BCUT2D eigenvalue weighted by molar-refractivity contribution is 7.80. The van der Waals surface area contributed by atoms with Crippen LogP contribution in [0.25, 0.3) is 0 Å². The highest BCUT2D eigenvalue weighted by Crippen LogP contribution is 2.07. The number of thiol groups is 1. The van der Waals surface area contributed by atoms with Crippen LogP contribution in [-0.2, 0) is 24.0 Å². The van der Waals surface area contributed by atoms with Gasteiger partial charge in [-0.15, -0.1) is 0 Å². The van der Waals surface area contributed by atoms with Crippen molar-refractivity contribution >= 4 is 48.2 Å². The van der Waals surface area contributed by atoms with Crippen molar-refractivity contribution in [3.05, 3.63) is 0 Å². The van der Waals surface area contributed by atoms with Crippen molar-refractivity contribution in [2.45, 2.75) is 56.3 Å². The van der Waals surface area contributed by atoms with Gasteiger partial charge in [-0.05, 0) is 32.2 Å². The van der Waals surface area contributed by atoms with Crippen molar-refractivity contribution in [2.24, 2.45) is 22.2 Å². The SMILES string of the molecule is NC(=O)CC(NC(=O)C1CCCN1)C(=O)NC(CCCN=C(N)N)C(=O)NC(CS)C(=O)O. The number of nitrogens with zero attached hydrogens (tertiary/aromatic N) is 1. The highest BCUT2D eigenvalue weighted by atomic mass is 32.1. The lowest BCUT2D eigenvalue weighted by molar-refractivity contribution is -0.141. The Balaban J connectivity index is 2.92. The van der Waals surface area contributed by atoms with Crippen LogP contribution >= 0.6 is 12.6 Å². The van der Waals surface area contributed by atoms with E-state index in [2.05, 4.69) is 38.9 Å². The first-order chi connectivity index (χ1) is 15.5. The Morgan fingerprint density at radius 1 is 1.03 bits per heavy atom. The number of nitrogens with one attached hydrogen (secondary N) is 4. The molecule has 0 spiro atoms. The molecule has 186 valence electrons. The number of primary amides is 1. The van der Waals surface area contributed by atoms with E-state index >= 15 is 0 Å². The molecule has 1 heterocycles. The first kappa shape index (κ1) is 28.0. The number of hydrogen-bond donors (Lipinski definition) is 9. The van der Waals surface area contributed by atoms with E-state index in [0.717, 1.165) is 6.42 Å². The second kappa shape index (κ2) is 14.2. The molecule has 1 aliphatic rings. The number of aliphatic imine (C=N–C) groups is 1. The molecule has 33 heavy (non-hydrogen) atoms. The van der Waals surface area contributed by atoms with Crippen molar-refractivity contribution in [1.82, 2.24) is 21.3 Å².